The molecule has 0 aliphatic carbocycles. The zero-order valence-corrected chi connectivity index (χ0v) is 12.2. The van der Waals surface area contributed by atoms with Crippen molar-refractivity contribution >= 4 is 0 Å². The van der Waals surface area contributed by atoms with Crippen LogP contribution in [-0.4, -0.2) is 17.6 Å². The molecule has 3 heteroatoms. The summed E-state index contributed by atoms with van der Waals surface area (Å²) in [5.74, 6) is 0.931. The predicted molar refractivity (Wildman–Crippen MR) is 81.9 cm³/mol. The number of hydrogen-bond donors (Lipinski definition) is 1. The second-order valence-electron chi connectivity index (χ2n) is 5.09. The molecule has 0 radical (unpaired) electrons. The van der Waals surface area contributed by atoms with Crippen LogP contribution in [0.5, 0.6) is 5.75 Å². The Morgan fingerprint density at radius 2 is 1.70 bits per heavy atom. The van der Waals surface area contributed by atoms with Gasteiger partial charge in [-0.15, -0.1) is 0 Å². The minimum absolute atomic E-state index is 0.222. The summed E-state index contributed by atoms with van der Waals surface area (Å²) >= 11 is 0. The van der Waals surface area contributed by atoms with Crippen molar-refractivity contribution in [2.45, 2.75) is 32.9 Å². The van der Waals surface area contributed by atoms with Gasteiger partial charge in [0, 0.05) is 18.9 Å². The van der Waals surface area contributed by atoms with E-state index in [1.54, 1.807) is 0 Å². The SMILES string of the molecule is CC(C)Oc1ccc(CNCCc2ccncc2)cc1. The summed E-state index contributed by atoms with van der Waals surface area (Å²) in [6.07, 6.45) is 4.92. The van der Waals surface area contributed by atoms with Crippen molar-refractivity contribution in [1.82, 2.24) is 10.3 Å². The molecule has 2 aromatic rings. The molecule has 1 aromatic heterocycles. The van der Waals surface area contributed by atoms with Crippen LogP contribution in [0.15, 0.2) is 48.8 Å². The highest BCUT2D eigenvalue weighted by atomic mass is 16.5. The zero-order valence-electron chi connectivity index (χ0n) is 12.2. The van der Waals surface area contributed by atoms with Crippen LogP contribution < -0.4 is 10.1 Å². The Morgan fingerprint density at radius 1 is 1.00 bits per heavy atom. The van der Waals surface area contributed by atoms with E-state index >= 15 is 0 Å². The molecule has 1 N–H and O–H groups in total. The second kappa shape index (κ2) is 7.65. The van der Waals surface area contributed by atoms with Gasteiger partial charge in [-0.25, -0.2) is 0 Å². The van der Waals surface area contributed by atoms with E-state index in [-0.39, 0.29) is 6.10 Å². The van der Waals surface area contributed by atoms with Gasteiger partial charge in [0.2, 0.25) is 0 Å². The monoisotopic (exact) mass is 270 g/mol. The smallest absolute Gasteiger partial charge is 0.119 e. The topological polar surface area (TPSA) is 34.1 Å². The lowest BCUT2D eigenvalue weighted by Gasteiger charge is -2.10. The van der Waals surface area contributed by atoms with Crippen molar-refractivity contribution in [3.8, 4) is 5.75 Å². The predicted octanol–water partition coefficient (Wildman–Crippen LogP) is 3.20. The Morgan fingerprint density at radius 3 is 2.35 bits per heavy atom. The summed E-state index contributed by atoms with van der Waals surface area (Å²) in [6.45, 7) is 5.92. The third kappa shape index (κ3) is 5.02. The minimum Gasteiger partial charge on any atom is -0.491 e. The van der Waals surface area contributed by atoms with E-state index < -0.39 is 0 Å². The van der Waals surface area contributed by atoms with Gasteiger partial charge in [0.25, 0.3) is 0 Å². The number of nitrogens with zero attached hydrogens (tertiary/aromatic N) is 1. The average molecular weight is 270 g/mol. The van der Waals surface area contributed by atoms with Crippen LogP contribution in [0.1, 0.15) is 25.0 Å². The molecule has 1 aromatic carbocycles. The van der Waals surface area contributed by atoms with E-state index in [0.717, 1.165) is 25.3 Å². The van der Waals surface area contributed by atoms with Gasteiger partial charge in [0.15, 0.2) is 0 Å². The van der Waals surface area contributed by atoms with Crippen LogP contribution in [-0.2, 0) is 13.0 Å². The van der Waals surface area contributed by atoms with Crippen LogP contribution in [0.4, 0.5) is 0 Å². The molecule has 2 rings (SSSR count). The molecule has 106 valence electrons. The molecule has 0 aliphatic rings. The van der Waals surface area contributed by atoms with E-state index in [1.165, 1.54) is 11.1 Å². The molecule has 1 heterocycles. The van der Waals surface area contributed by atoms with Crippen molar-refractivity contribution in [3.63, 3.8) is 0 Å². The second-order valence-corrected chi connectivity index (χ2v) is 5.09. The van der Waals surface area contributed by atoms with Gasteiger partial charge in [0.05, 0.1) is 6.10 Å². The molecule has 0 unspecified atom stereocenters. The fourth-order valence-corrected chi connectivity index (χ4v) is 1.97. The van der Waals surface area contributed by atoms with Gasteiger partial charge < -0.3 is 10.1 Å². The molecule has 0 saturated heterocycles. The minimum atomic E-state index is 0.222. The zero-order chi connectivity index (χ0) is 14.2. The molecule has 20 heavy (non-hydrogen) atoms. The molecule has 3 nitrogen and oxygen atoms in total. The largest absolute Gasteiger partial charge is 0.491 e. The lowest BCUT2D eigenvalue weighted by Crippen LogP contribution is -2.16. The summed E-state index contributed by atoms with van der Waals surface area (Å²) in [5.41, 5.74) is 2.59. The summed E-state index contributed by atoms with van der Waals surface area (Å²) in [4.78, 5) is 4.02. The van der Waals surface area contributed by atoms with Crippen molar-refractivity contribution < 1.29 is 4.74 Å². The number of hydrogen-bond acceptors (Lipinski definition) is 3. The molecule has 0 saturated carbocycles. The Hall–Kier alpha value is -1.87. The first kappa shape index (κ1) is 14.5. The molecule has 0 amide bonds. The number of benzene rings is 1. The van der Waals surface area contributed by atoms with E-state index in [0.29, 0.717) is 0 Å². The highest BCUT2D eigenvalue weighted by molar-refractivity contribution is 5.27. The number of aromatic nitrogens is 1. The molecule has 0 fully saturated rings. The third-order valence-electron chi connectivity index (χ3n) is 2.96. The Bertz CT molecular complexity index is 494. The van der Waals surface area contributed by atoms with Crippen molar-refractivity contribution in [1.29, 1.82) is 0 Å². The molecule has 0 atom stereocenters. The molecule has 0 aliphatic heterocycles. The first-order valence-corrected chi connectivity index (χ1v) is 7.09. The van der Waals surface area contributed by atoms with E-state index in [1.807, 2.05) is 38.4 Å². The van der Waals surface area contributed by atoms with Gasteiger partial charge >= 0.3 is 0 Å². The first-order chi connectivity index (χ1) is 9.74. The lowest BCUT2D eigenvalue weighted by molar-refractivity contribution is 0.242. The average Bonchev–Trinajstić information content (AvgIpc) is 2.46. The molecule has 0 spiro atoms. The number of nitrogens with one attached hydrogen (secondary N) is 1. The van der Waals surface area contributed by atoms with Crippen LogP contribution >= 0.6 is 0 Å². The summed E-state index contributed by atoms with van der Waals surface area (Å²) in [6, 6.07) is 12.4. The van der Waals surface area contributed by atoms with Crippen LogP contribution in [0.2, 0.25) is 0 Å². The van der Waals surface area contributed by atoms with Gasteiger partial charge in [-0.1, -0.05) is 12.1 Å². The van der Waals surface area contributed by atoms with Gasteiger partial charge in [-0.3, -0.25) is 4.98 Å². The fourth-order valence-electron chi connectivity index (χ4n) is 1.97. The van der Waals surface area contributed by atoms with Crippen molar-refractivity contribution in [2.75, 3.05) is 6.54 Å². The van der Waals surface area contributed by atoms with Crippen molar-refractivity contribution in [3.05, 3.63) is 59.9 Å². The first-order valence-electron chi connectivity index (χ1n) is 7.09. The van der Waals surface area contributed by atoms with E-state index in [4.69, 9.17) is 4.74 Å². The van der Waals surface area contributed by atoms with Gasteiger partial charge in [-0.05, 0) is 62.2 Å². The van der Waals surface area contributed by atoms with Gasteiger partial charge in [-0.2, -0.15) is 0 Å². The standard InChI is InChI=1S/C17H22N2O/c1-14(2)20-17-5-3-16(4-6-17)13-19-12-9-15-7-10-18-11-8-15/h3-8,10-11,14,19H,9,12-13H2,1-2H3. The maximum atomic E-state index is 5.63. The summed E-state index contributed by atoms with van der Waals surface area (Å²) in [7, 11) is 0. The number of rotatable bonds is 7. The molecule has 0 bridgehead atoms. The van der Waals surface area contributed by atoms with E-state index in [2.05, 4.69) is 34.6 Å². The Labute approximate surface area is 121 Å². The van der Waals surface area contributed by atoms with Gasteiger partial charge in [0.1, 0.15) is 5.75 Å². The molecular weight excluding hydrogens is 248 g/mol. The van der Waals surface area contributed by atoms with Crippen LogP contribution in [0.3, 0.4) is 0 Å². The normalized spacial score (nSPS) is 10.8. The Kier molecular flexibility index (Phi) is 5.56. The fraction of sp³-hybridized carbons (Fsp3) is 0.353. The highest BCUT2D eigenvalue weighted by Crippen LogP contribution is 2.13. The van der Waals surface area contributed by atoms with Crippen LogP contribution in [0, 0.1) is 0 Å². The number of ether oxygens (including phenoxy) is 1. The lowest BCUT2D eigenvalue weighted by atomic mass is 10.2. The Balaban J connectivity index is 1.71. The summed E-state index contributed by atoms with van der Waals surface area (Å²) in [5, 5.41) is 3.45. The highest BCUT2D eigenvalue weighted by Gasteiger charge is 1.98. The quantitative estimate of drug-likeness (QED) is 0.785. The summed E-state index contributed by atoms with van der Waals surface area (Å²) < 4.78 is 5.63. The van der Waals surface area contributed by atoms with Crippen molar-refractivity contribution in [2.24, 2.45) is 0 Å². The third-order valence-corrected chi connectivity index (χ3v) is 2.96. The van der Waals surface area contributed by atoms with E-state index in [9.17, 15) is 0 Å². The molecular formula is C17H22N2O. The maximum Gasteiger partial charge on any atom is 0.119 e. The number of pyridine rings is 1. The van der Waals surface area contributed by atoms with Crippen LogP contribution in [0.25, 0.3) is 0 Å². The maximum absolute atomic E-state index is 5.63.